The molecule has 0 spiro atoms. The lowest BCUT2D eigenvalue weighted by Gasteiger charge is -2.15. The van der Waals surface area contributed by atoms with E-state index in [1.807, 2.05) is 0 Å². The van der Waals surface area contributed by atoms with Crippen LogP contribution in [0.25, 0.3) is 0 Å². The Kier molecular flexibility index (Phi) is 30.5. The van der Waals surface area contributed by atoms with Crippen molar-refractivity contribution in [3.8, 4) is 0 Å². The van der Waals surface area contributed by atoms with Crippen molar-refractivity contribution in [3.63, 3.8) is 0 Å². The van der Waals surface area contributed by atoms with E-state index in [-0.39, 0.29) is 25.2 Å². The average Bonchev–Trinajstić information content (AvgIpc) is 2.97. The molecule has 0 saturated heterocycles. The van der Waals surface area contributed by atoms with Crippen molar-refractivity contribution in [2.45, 2.75) is 201 Å². The Hall–Kier alpha value is -1.10. The van der Waals surface area contributed by atoms with Gasteiger partial charge in [-0.1, -0.05) is 169 Å². The standard InChI is InChI=1S/C37H72O5/c1-5-34(4)28-24-20-16-12-9-10-13-17-21-25-29-36(39)41-32-35(31-38)42-37(40)30-26-22-18-14-8-6-7-11-15-19-23-27-33(2)3/h33-35,38H,5-32H2,1-4H3/t34?,35-/m0/s1. The van der Waals surface area contributed by atoms with Crippen LogP contribution in [-0.4, -0.2) is 36.4 Å². The number of aliphatic hydroxyl groups excluding tert-OH is 1. The molecule has 0 saturated carbocycles. The predicted molar refractivity (Wildman–Crippen MR) is 178 cm³/mol. The summed E-state index contributed by atoms with van der Waals surface area (Å²) in [6.45, 7) is 8.85. The second kappa shape index (κ2) is 31.3. The summed E-state index contributed by atoms with van der Waals surface area (Å²) in [4.78, 5) is 24.2. The number of esters is 2. The lowest BCUT2D eigenvalue weighted by Crippen LogP contribution is -2.28. The maximum atomic E-state index is 12.1. The van der Waals surface area contributed by atoms with Crippen LogP contribution < -0.4 is 0 Å². The van der Waals surface area contributed by atoms with Gasteiger partial charge in [-0.15, -0.1) is 0 Å². The van der Waals surface area contributed by atoms with Crippen LogP contribution in [0.4, 0.5) is 0 Å². The molecule has 0 aliphatic carbocycles. The molecule has 0 bridgehead atoms. The van der Waals surface area contributed by atoms with Gasteiger partial charge in [0.15, 0.2) is 6.10 Å². The van der Waals surface area contributed by atoms with E-state index in [1.54, 1.807) is 0 Å². The summed E-state index contributed by atoms with van der Waals surface area (Å²) in [5.74, 6) is 1.13. The zero-order valence-corrected chi connectivity index (χ0v) is 28.6. The van der Waals surface area contributed by atoms with Crippen LogP contribution in [0.15, 0.2) is 0 Å². The fraction of sp³-hybridized carbons (Fsp3) is 0.946. The van der Waals surface area contributed by atoms with Gasteiger partial charge >= 0.3 is 11.9 Å². The number of unbranched alkanes of at least 4 members (excludes halogenated alkanes) is 19. The normalized spacial score (nSPS) is 12.9. The third kappa shape index (κ3) is 30.4. The van der Waals surface area contributed by atoms with Crippen molar-refractivity contribution in [1.82, 2.24) is 0 Å². The molecule has 0 aromatic carbocycles. The highest BCUT2D eigenvalue weighted by Gasteiger charge is 2.16. The van der Waals surface area contributed by atoms with Crippen LogP contribution in [0.2, 0.25) is 0 Å². The largest absolute Gasteiger partial charge is 0.462 e. The molecular formula is C37H72O5. The zero-order valence-electron chi connectivity index (χ0n) is 28.6. The highest BCUT2D eigenvalue weighted by atomic mass is 16.6. The van der Waals surface area contributed by atoms with E-state index < -0.39 is 6.10 Å². The van der Waals surface area contributed by atoms with Crippen molar-refractivity contribution in [2.75, 3.05) is 13.2 Å². The number of carbonyl (C=O) groups is 2. The van der Waals surface area contributed by atoms with E-state index in [9.17, 15) is 14.7 Å². The maximum absolute atomic E-state index is 12.1. The maximum Gasteiger partial charge on any atom is 0.306 e. The van der Waals surface area contributed by atoms with Crippen molar-refractivity contribution in [2.24, 2.45) is 11.8 Å². The van der Waals surface area contributed by atoms with Gasteiger partial charge in [0.2, 0.25) is 0 Å². The van der Waals surface area contributed by atoms with Gasteiger partial charge in [-0.2, -0.15) is 0 Å². The van der Waals surface area contributed by atoms with Crippen molar-refractivity contribution < 1.29 is 24.2 Å². The molecule has 5 nitrogen and oxygen atoms in total. The first-order chi connectivity index (χ1) is 20.4. The van der Waals surface area contributed by atoms with Crippen LogP contribution in [0, 0.1) is 11.8 Å². The molecule has 0 amide bonds. The number of rotatable bonds is 32. The second-order valence-corrected chi connectivity index (χ2v) is 13.4. The summed E-state index contributed by atoms with van der Waals surface area (Å²) in [6.07, 6.45) is 30.1. The van der Waals surface area contributed by atoms with Gasteiger partial charge in [-0.3, -0.25) is 9.59 Å². The monoisotopic (exact) mass is 597 g/mol. The Morgan fingerprint density at radius 1 is 0.548 bits per heavy atom. The fourth-order valence-corrected chi connectivity index (χ4v) is 5.42. The van der Waals surface area contributed by atoms with E-state index >= 15 is 0 Å². The molecule has 42 heavy (non-hydrogen) atoms. The number of hydrogen-bond acceptors (Lipinski definition) is 5. The van der Waals surface area contributed by atoms with Gasteiger partial charge in [-0.25, -0.2) is 0 Å². The molecule has 250 valence electrons. The third-order valence-corrected chi connectivity index (χ3v) is 8.62. The van der Waals surface area contributed by atoms with Gasteiger partial charge in [0.1, 0.15) is 6.61 Å². The minimum atomic E-state index is -0.762. The highest BCUT2D eigenvalue weighted by molar-refractivity contribution is 5.70. The molecule has 1 unspecified atom stereocenters. The topological polar surface area (TPSA) is 72.8 Å². The number of ether oxygens (including phenoxy) is 2. The number of aliphatic hydroxyl groups is 1. The molecule has 0 heterocycles. The van der Waals surface area contributed by atoms with Gasteiger partial charge in [0.25, 0.3) is 0 Å². The van der Waals surface area contributed by atoms with Crippen molar-refractivity contribution >= 4 is 11.9 Å². The van der Waals surface area contributed by atoms with Crippen LogP contribution >= 0.6 is 0 Å². The summed E-state index contributed by atoms with van der Waals surface area (Å²) in [6, 6.07) is 0. The molecule has 0 radical (unpaired) electrons. The molecular weight excluding hydrogens is 524 g/mol. The lowest BCUT2D eigenvalue weighted by atomic mass is 9.99. The molecule has 0 aliphatic rings. The molecule has 5 heteroatoms. The minimum absolute atomic E-state index is 0.0594. The molecule has 0 aliphatic heterocycles. The predicted octanol–water partition coefficient (Wildman–Crippen LogP) is 10.9. The Bertz CT molecular complexity index is 591. The van der Waals surface area contributed by atoms with Gasteiger partial charge < -0.3 is 14.6 Å². The first-order valence-corrected chi connectivity index (χ1v) is 18.3. The molecule has 0 aromatic heterocycles. The van der Waals surface area contributed by atoms with Crippen LogP contribution in [-0.2, 0) is 19.1 Å². The van der Waals surface area contributed by atoms with Crippen LogP contribution in [0.5, 0.6) is 0 Å². The summed E-state index contributed by atoms with van der Waals surface area (Å²) < 4.78 is 10.6. The second-order valence-electron chi connectivity index (χ2n) is 13.4. The molecule has 1 N–H and O–H groups in total. The average molecular weight is 597 g/mol. The highest BCUT2D eigenvalue weighted by Crippen LogP contribution is 2.16. The summed E-state index contributed by atoms with van der Waals surface area (Å²) >= 11 is 0. The van der Waals surface area contributed by atoms with E-state index in [0.29, 0.717) is 12.8 Å². The molecule has 0 fully saturated rings. The smallest absolute Gasteiger partial charge is 0.306 e. The van der Waals surface area contributed by atoms with Gasteiger partial charge in [0.05, 0.1) is 6.61 Å². The quantitative estimate of drug-likeness (QED) is 0.0617. The summed E-state index contributed by atoms with van der Waals surface area (Å²) in [5.41, 5.74) is 0. The lowest BCUT2D eigenvalue weighted by molar-refractivity contribution is -0.161. The Morgan fingerprint density at radius 2 is 0.929 bits per heavy atom. The molecule has 0 rings (SSSR count). The van der Waals surface area contributed by atoms with E-state index in [0.717, 1.165) is 50.4 Å². The Balaban J connectivity index is 3.54. The van der Waals surface area contributed by atoms with Crippen LogP contribution in [0.3, 0.4) is 0 Å². The third-order valence-electron chi connectivity index (χ3n) is 8.62. The fourth-order valence-electron chi connectivity index (χ4n) is 5.42. The Morgan fingerprint density at radius 3 is 1.33 bits per heavy atom. The number of hydrogen-bond donors (Lipinski definition) is 1. The first-order valence-electron chi connectivity index (χ1n) is 18.3. The van der Waals surface area contributed by atoms with E-state index in [1.165, 1.54) is 116 Å². The Labute approximate surface area is 261 Å². The summed E-state index contributed by atoms with van der Waals surface area (Å²) in [5, 5.41) is 9.52. The van der Waals surface area contributed by atoms with Gasteiger partial charge in [0, 0.05) is 12.8 Å². The van der Waals surface area contributed by atoms with Crippen molar-refractivity contribution in [3.05, 3.63) is 0 Å². The van der Waals surface area contributed by atoms with Crippen molar-refractivity contribution in [1.29, 1.82) is 0 Å². The molecule has 0 aromatic rings. The zero-order chi connectivity index (χ0) is 31.1. The molecule has 2 atom stereocenters. The summed E-state index contributed by atoms with van der Waals surface area (Å²) in [7, 11) is 0. The number of carbonyl (C=O) groups excluding carboxylic acids is 2. The van der Waals surface area contributed by atoms with Gasteiger partial charge in [-0.05, 0) is 24.7 Å². The SMILES string of the molecule is CCC(C)CCCCCCCCCCCCC(=O)OC[C@H](CO)OC(=O)CCCCCCCCCCCCCC(C)C. The van der Waals surface area contributed by atoms with Crippen LogP contribution in [0.1, 0.15) is 195 Å². The minimum Gasteiger partial charge on any atom is -0.462 e. The van der Waals surface area contributed by atoms with E-state index in [4.69, 9.17) is 9.47 Å². The van der Waals surface area contributed by atoms with E-state index in [2.05, 4.69) is 27.7 Å². The first kappa shape index (κ1) is 40.9.